The summed E-state index contributed by atoms with van der Waals surface area (Å²) in [6, 6.07) is 9.25. The highest BCUT2D eigenvalue weighted by Crippen LogP contribution is 2.26. The molecule has 24 heavy (non-hydrogen) atoms. The number of aromatic nitrogens is 2. The van der Waals surface area contributed by atoms with Gasteiger partial charge in [0.1, 0.15) is 11.3 Å². The second-order valence-corrected chi connectivity index (χ2v) is 7.45. The minimum atomic E-state index is 0.206. The predicted molar refractivity (Wildman–Crippen MR) is 103 cm³/mol. The van der Waals surface area contributed by atoms with Gasteiger partial charge >= 0.3 is 0 Å². The van der Waals surface area contributed by atoms with Gasteiger partial charge in [-0.25, -0.2) is 4.98 Å². The second kappa shape index (κ2) is 7.51. The molecule has 1 aromatic heterocycles. The van der Waals surface area contributed by atoms with Crippen molar-refractivity contribution >= 4 is 57.4 Å². The van der Waals surface area contributed by atoms with Gasteiger partial charge in [0.05, 0.1) is 10.5 Å². The topological polar surface area (TPSA) is 40.7 Å². The summed E-state index contributed by atoms with van der Waals surface area (Å²) in [6.07, 6.45) is 0.733. The Bertz CT molecular complexity index is 855. The minimum Gasteiger partial charge on any atom is -0.342 e. The molecule has 0 saturated carbocycles. The van der Waals surface area contributed by atoms with Crippen molar-refractivity contribution < 1.29 is 0 Å². The Labute approximate surface area is 160 Å². The van der Waals surface area contributed by atoms with Gasteiger partial charge in [-0.2, -0.15) is 0 Å². The van der Waals surface area contributed by atoms with E-state index in [2.05, 4.69) is 22.2 Å². The SMILES string of the molecule is CC(Cc1nc2c(Cl)cc(Cl)cc2[nH]1)NCc1cc(Cl)cc(Cl)c1. The van der Waals surface area contributed by atoms with Crippen LogP contribution >= 0.6 is 46.4 Å². The van der Waals surface area contributed by atoms with Gasteiger partial charge < -0.3 is 10.3 Å². The molecule has 0 radical (unpaired) electrons. The highest BCUT2D eigenvalue weighted by molar-refractivity contribution is 6.38. The lowest BCUT2D eigenvalue weighted by Crippen LogP contribution is -2.28. The van der Waals surface area contributed by atoms with Crippen molar-refractivity contribution in [3.63, 3.8) is 0 Å². The van der Waals surface area contributed by atoms with Crippen molar-refractivity contribution in [1.82, 2.24) is 15.3 Å². The molecule has 126 valence electrons. The molecular formula is C17H15Cl4N3. The molecule has 0 fully saturated rings. The summed E-state index contributed by atoms with van der Waals surface area (Å²) in [5, 5.41) is 5.85. The molecule has 0 bridgehead atoms. The molecule has 1 unspecified atom stereocenters. The third kappa shape index (κ3) is 4.35. The fourth-order valence-electron chi connectivity index (χ4n) is 2.56. The number of fused-ring (bicyclic) bond motifs is 1. The van der Waals surface area contributed by atoms with Gasteiger partial charge in [0, 0.05) is 34.1 Å². The molecule has 1 atom stereocenters. The van der Waals surface area contributed by atoms with Crippen molar-refractivity contribution in [2.75, 3.05) is 0 Å². The van der Waals surface area contributed by atoms with Crippen LogP contribution in [0, 0.1) is 0 Å². The lowest BCUT2D eigenvalue weighted by molar-refractivity contribution is 0.536. The fourth-order valence-corrected chi connectivity index (χ4v) is 3.66. The number of aromatic amines is 1. The summed E-state index contributed by atoms with van der Waals surface area (Å²) in [6.45, 7) is 2.77. The highest BCUT2D eigenvalue weighted by atomic mass is 35.5. The van der Waals surface area contributed by atoms with Crippen molar-refractivity contribution in [3.8, 4) is 0 Å². The molecule has 3 nitrogen and oxygen atoms in total. The summed E-state index contributed by atoms with van der Waals surface area (Å²) in [5.41, 5.74) is 2.62. The third-order valence-electron chi connectivity index (χ3n) is 3.63. The molecule has 2 N–H and O–H groups in total. The molecule has 0 aliphatic rings. The molecule has 0 spiro atoms. The maximum atomic E-state index is 6.18. The molecule has 0 amide bonds. The average Bonchev–Trinajstić information content (AvgIpc) is 2.86. The van der Waals surface area contributed by atoms with Crippen molar-refractivity contribution in [2.45, 2.75) is 25.9 Å². The van der Waals surface area contributed by atoms with Gasteiger partial charge in [0.25, 0.3) is 0 Å². The summed E-state index contributed by atoms with van der Waals surface area (Å²) >= 11 is 24.2. The number of halogens is 4. The maximum absolute atomic E-state index is 6.18. The molecular weight excluding hydrogens is 388 g/mol. The van der Waals surface area contributed by atoms with E-state index in [1.165, 1.54) is 0 Å². The van der Waals surface area contributed by atoms with E-state index in [0.29, 0.717) is 26.6 Å². The van der Waals surface area contributed by atoms with Crippen LogP contribution in [0.2, 0.25) is 20.1 Å². The van der Waals surface area contributed by atoms with E-state index >= 15 is 0 Å². The number of nitrogens with zero attached hydrogens (tertiary/aromatic N) is 1. The molecule has 1 heterocycles. The van der Waals surface area contributed by atoms with E-state index in [1.54, 1.807) is 12.1 Å². The standard InChI is InChI=1S/C17H15Cl4N3/c1-9(22-8-10-3-11(18)5-12(19)4-10)2-16-23-15-7-13(20)6-14(21)17(15)24-16/h3-7,9,22H,2,8H2,1H3,(H,23,24). The number of H-pyrrole nitrogens is 1. The molecule has 3 rings (SSSR count). The molecule has 7 heteroatoms. The lowest BCUT2D eigenvalue weighted by Gasteiger charge is -2.13. The minimum absolute atomic E-state index is 0.206. The molecule has 3 aromatic rings. The van der Waals surface area contributed by atoms with Crippen molar-refractivity contribution in [1.29, 1.82) is 0 Å². The van der Waals surface area contributed by atoms with Crippen molar-refractivity contribution in [3.05, 3.63) is 61.8 Å². The first kappa shape index (κ1) is 17.8. The number of hydrogen-bond acceptors (Lipinski definition) is 2. The third-order valence-corrected chi connectivity index (χ3v) is 4.57. The van der Waals surface area contributed by atoms with Gasteiger partial charge in [-0.1, -0.05) is 46.4 Å². The quantitative estimate of drug-likeness (QED) is 0.557. The first-order valence-electron chi connectivity index (χ1n) is 7.42. The van der Waals surface area contributed by atoms with E-state index in [-0.39, 0.29) is 6.04 Å². The Hall–Kier alpha value is -0.970. The summed E-state index contributed by atoms with van der Waals surface area (Å²) in [4.78, 5) is 7.81. The molecule has 0 aliphatic carbocycles. The van der Waals surface area contributed by atoms with Crippen LogP contribution in [0.1, 0.15) is 18.3 Å². The van der Waals surface area contributed by atoms with Crippen LogP contribution in [0.25, 0.3) is 11.0 Å². The number of imidazole rings is 1. The van der Waals surface area contributed by atoms with Gasteiger partial charge in [0.2, 0.25) is 0 Å². The highest BCUT2D eigenvalue weighted by Gasteiger charge is 2.11. The van der Waals surface area contributed by atoms with E-state index in [1.807, 2.05) is 18.2 Å². The number of rotatable bonds is 5. The lowest BCUT2D eigenvalue weighted by atomic mass is 10.2. The Balaban J connectivity index is 1.66. The number of hydrogen-bond donors (Lipinski definition) is 2. The number of nitrogens with one attached hydrogen (secondary N) is 2. The first-order valence-corrected chi connectivity index (χ1v) is 8.94. The number of benzene rings is 2. The Morgan fingerprint density at radius 1 is 1.00 bits per heavy atom. The Kier molecular flexibility index (Phi) is 5.58. The van der Waals surface area contributed by atoms with Gasteiger partial charge in [-0.15, -0.1) is 0 Å². The van der Waals surface area contributed by atoms with Gasteiger partial charge in [-0.3, -0.25) is 0 Å². The van der Waals surface area contributed by atoms with E-state index in [4.69, 9.17) is 46.4 Å². The summed E-state index contributed by atoms with van der Waals surface area (Å²) in [7, 11) is 0. The predicted octanol–water partition coefficient (Wildman–Crippen LogP) is 5.90. The van der Waals surface area contributed by atoms with E-state index in [0.717, 1.165) is 28.8 Å². The fraction of sp³-hybridized carbons (Fsp3) is 0.235. The van der Waals surface area contributed by atoms with Crippen LogP contribution in [0.5, 0.6) is 0 Å². The first-order chi connectivity index (χ1) is 11.4. The molecule has 0 saturated heterocycles. The summed E-state index contributed by atoms with van der Waals surface area (Å²) in [5.74, 6) is 0.860. The maximum Gasteiger partial charge on any atom is 0.108 e. The smallest absolute Gasteiger partial charge is 0.108 e. The zero-order valence-electron chi connectivity index (χ0n) is 12.8. The van der Waals surface area contributed by atoms with Crippen molar-refractivity contribution in [2.24, 2.45) is 0 Å². The zero-order chi connectivity index (χ0) is 17.3. The van der Waals surface area contributed by atoms with Crippen LogP contribution in [0.15, 0.2) is 30.3 Å². The van der Waals surface area contributed by atoms with Crippen LogP contribution in [0.4, 0.5) is 0 Å². The zero-order valence-corrected chi connectivity index (χ0v) is 15.9. The molecule has 0 aliphatic heterocycles. The monoisotopic (exact) mass is 401 g/mol. The Morgan fingerprint density at radius 2 is 1.67 bits per heavy atom. The largest absolute Gasteiger partial charge is 0.342 e. The summed E-state index contributed by atoms with van der Waals surface area (Å²) < 4.78 is 0. The molecule has 2 aromatic carbocycles. The Morgan fingerprint density at radius 3 is 2.38 bits per heavy atom. The van der Waals surface area contributed by atoms with Crippen LogP contribution in [0.3, 0.4) is 0 Å². The van der Waals surface area contributed by atoms with Gasteiger partial charge in [-0.05, 0) is 42.8 Å². The van der Waals surface area contributed by atoms with E-state index < -0.39 is 0 Å². The van der Waals surface area contributed by atoms with Gasteiger partial charge in [0.15, 0.2) is 0 Å². The van der Waals surface area contributed by atoms with Crippen LogP contribution < -0.4 is 5.32 Å². The van der Waals surface area contributed by atoms with E-state index in [9.17, 15) is 0 Å². The average molecular weight is 403 g/mol. The van der Waals surface area contributed by atoms with Crippen LogP contribution in [-0.4, -0.2) is 16.0 Å². The second-order valence-electron chi connectivity index (χ2n) is 5.73. The normalized spacial score (nSPS) is 12.7. The van der Waals surface area contributed by atoms with Crippen LogP contribution in [-0.2, 0) is 13.0 Å².